The molecule has 2 atom stereocenters. The molecule has 16 heavy (non-hydrogen) atoms. The van der Waals surface area contributed by atoms with E-state index in [1.807, 2.05) is 0 Å². The number of carbonyl (C=O) groups is 2. The molecule has 1 fully saturated rings. The number of thioether (sulfide) groups is 2. The van der Waals surface area contributed by atoms with Gasteiger partial charge >= 0.3 is 11.9 Å². The normalized spacial score (nSPS) is 21.7. The van der Waals surface area contributed by atoms with Crippen molar-refractivity contribution in [3.63, 3.8) is 0 Å². The van der Waals surface area contributed by atoms with Crippen molar-refractivity contribution in [1.82, 2.24) is 0 Å². The molecule has 1 aliphatic rings. The Morgan fingerprint density at radius 2 is 2.31 bits per heavy atom. The summed E-state index contributed by atoms with van der Waals surface area (Å²) in [6, 6.07) is -0.231. The van der Waals surface area contributed by atoms with Gasteiger partial charge in [-0.3, -0.25) is 4.79 Å². The van der Waals surface area contributed by atoms with Crippen LogP contribution in [0.15, 0.2) is 0 Å². The lowest BCUT2D eigenvalue weighted by Crippen LogP contribution is -2.35. The van der Waals surface area contributed by atoms with Gasteiger partial charge in [-0.15, -0.1) is 11.8 Å². The molecule has 0 aromatic heterocycles. The van der Waals surface area contributed by atoms with Crippen molar-refractivity contribution in [2.75, 3.05) is 17.3 Å². The summed E-state index contributed by atoms with van der Waals surface area (Å²) >= 11 is 2.65. The Morgan fingerprint density at radius 3 is 2.81 bits per heavy atom. The lowest BCUT2D eigenvalue weighted by molar-refractivity contribution is -0.501. The molecule has 0 saturated carbocycles. The third kappa shape index (κ3) is 3.79. The summed E-state index contributed by atoms with van der Waals surface area (Å²) in [5.41, 5.74) is 0. The first-order chi connectivity index (χ1) is 7.52. The van der Waals surface area contributed by atoms with Crippen molar-refractivity contribution >= 4 is 35.4 Å². The van der Waals surface area contributed by atoms with Crippen LogP contribution in [-0.2, 0) is 9.59 Å². The third-order valence-electron chi connectivity index (χ3n) is 2.26. The maximum atomic E-state index is 11.6. The van der Waals surface area contributed by atoms with E-state index < -0.39 is 17.1 Å². The van der Waals surface area contributed by atoms with Gasteiger partial charge in [0.2, 0.25) is 6.04 Å². The third-order valence-corrected chi connectivity index (χ3v) is 4.52. The number of hydrogen-bond acceptors (Lipinski definition) is 5. The fourth-order valence-electron chi connectivity index (χ4n) is 1.33. The largest absolute Gasteiger partial charge is 0.481 e. The van der Waals surface area contributed by atoms with Crippen molar-refractivity contribution in [1.29, 1.82) is 0 Å². The SMILES string of the molecule is CC(SCC(=O)O)C(=O)[N+](=O)C1CCSC1. The van der Waals surface area contributed by atoms with E-state index in [2.05, 4.69) is 0 Å². The quantitative estimate of drug-likeness (QED) is 0.747. The van der Waals surface area contributed by atoms with E-state index >= 15 is 0 Å². The average Bonchev–Trinajstić information content (AvgIpc) is 2.77. The van der Waals surface area contributed by atoms with Crippen molar-refractivity contribution in [2.24, 2.45) is 0 Å². The van der Waals surface area contributed by atoms with Crippen LogP contribution >= 0.6 is 23.5 Å². The topological polar surface area (TPSA) is 74.4 Å². The van der Waals surface area contributed by atoms with Gasteiger partial charge in [-0.2, -0.15) is 11.8 Å². The number of carboxylic acids is 1. The van der Waals surface area contributed by atoms with E-state index in [-0.39, 0.29) is 11.8 Å². The van der Waals surface area contributed by atoms with Gasteiger partial charge in [-0.25, -0.2) is 4.79 Å². The number of nitroso groups, excluding NO2 is 1. The number of rotatable bonds is 5. The molecule has 90 valence electrons. The van der Waals surface area contributed by atoms with E-state index in [0.29, 0.717) is 10.5 Å². The van der Waals surface area contributed by atoms with Gasteiger partial charge in [0.1, 0.15) is 5.25 Å². The predicted octanol–water partition coefficient (Wildman–Crippen LogP) is 1.00. The second-order valence-corrected chi connectivity index (χ2v) is 6.01. The molecule has 1 saturated heterocycles. The highest BCUT2D eigenvalue weighted by Crippen LogP contribution is 2.21. The molecule has 5 nitrogen and oxygen atoms in total. The Hall–Kier alpha value is -0.560. The highest BCUT2D eigenvalue weighted by Gasteiger charge is 2.39. The molecule has 1 aliphatic heterocycles. The summed E-state index contributed by atoms with van der Waals surface area (Å²) in [4.78, 5) is 33.6. The van der Waals surface area contributed by atoms with E-state index in [1.165, 1.54) is 0 Å². The van der Waals surface area contributed by atoms with E-state index in [4.69, 9.17) is 5.11 Å². The molecule has 1 heterocycles. The number of aliphatic carboxylic acids is 1. The predicted molar refractivity (Wildman–Crippen MR) is 63.9 cm³/mol. The van der Waals surface area contributed by atoms with Crippen LogP contribution in [0, 0.1) is 4.91 Å². The Labute approximate surface area is 102 Å². The van der Waals surface area contributed by atoms with E-state index in [9.17, 15) is 14.5 Å². The molecule has 0 radical (unpaired) electrons. The number of hydrogen-bond donors (Lipinski definition) is 1. The molecular weight excluding hydrogens is 250 g/mol. The Bertz CT molecular complexity index is 302. The number of carboxylic acid groups (broad SMARTS) is 1. The molecule has 0 aliphatic carbocycles. The van der Waals surface area contributed by atoms with Crippen molar-refractivity contribution in [2.45, 2.75) is 24.6 Å². The molecule has 0 aromatic rings. The van der Waals surface area contributed by atoms with Crippen LogP contribution in [0.2, 0.25) is 0 Å². The molecule has 1 amide bonds. The van der Waals surface area contributed by atoms with Gasteiger partial charge in [0.15, 0.2) is 0 Å². The highest BCUT2D eigenvalue weighted by molar-refractivity contribution is 8.01. The number of nitrogens with zero attached hydrogens (tertiary/aromatic N) is 1. The molecule has 0 aromatic carbocycles. The molecule has 1 N–H and O–H groups in total. The van der Waals surface area contributed by atoms with Crippen LogP contribution < -0.4 is 0 Å². The zero-order valence-corrected chi connectivity index (χ0v) is 10.6. The van der Waals surface area contributed by atoms with Crippen LogP contribution in [0.3, 0.4) is 0 Å². The van der Waals surface area contributed by atoms with Gasteiger partial charge in [-0.1, -0.05) is 0 Å². The molecule has 2 unspecified atom stereocenters. The van der Waals surface area contributed by atoms with Gasteiger partial charge in [0.25, 0.3) is 0 Å². The van der Waals surface area contributed by atoms with Gasteiger partial charge in [-0.05, 0) is 6.92 Å². The average molecular weight is 264 g/mol. The minimum Gasteiger partial charge on any atom is -0.481 e. The Morgan fingerprint density at radius 1 is 1.62 bits per heavy atom. The number of amides is 1. The first-order valence-electron chi connectivity index (χ1n) is 4.93. The standard InChI is InChI=1S/C9H13NO4S2/c1-6(16-5-8(11)12)9(13)10(14)7-2-3-15-4-7/h6-7H,2-5H2,1H3/p+1. The summed E-state index contributed by atoms with van der Waals surface area (Å²) in [5, 5.41) is 7.88. The summed E-state index contributed by atoms with van der Waals surface area (Å²) in [7, 11) is 0. The van der Waals surface area contributed by atoms with Crippen LogP contribution in [0.4, 0.5) is 0 Å². The number of carbonyl (C=O) groups excluding carboxylic acids is 1. The first-order valence-corrected chi connectivity index (χ1v) is 7.14. The maximum absolute atomic E-state index is 11.6. The molecule has 0 bridgehead atoms. The van der Waals surface area contributed by atoms with E-state index in [0.717, 1.165) is 23.9 Å². The second-order valence-electron chi connectivity index (χ2n) is 3.53. The van der Waals surface area contributed by atoms with Gasteiger partial charge < -0.3 is 5.11 Å². The minimum atomic E-state index is -0.974. The fourth-order valence-corrected chi connectivity index (χ4v) is 3.15. The lowest BCUT2D eigenvalue weighted by Gasteiger charge is -2.04. The maximum Gasteiger partial charge on any atom is 0.445 e. The van der Waals surface area contributed by atoms with Crippen LogP contribution in [0.1, 0.15) is 13.3 Å². The van der Waals surface area contributed by atoms with Crippen LogP contribution in [-0.4, -0.2) is 50.3 Å². The fraction of sp³-hybridized carbons (Fsp3) is 0.778. The van der Waals surface area contributed by atoms with Crippen molar-refractivity contribution in [3.05, 3.63) is 4.91 Å². The Kier molecular flexibility index (Phi) is 5.27. The van der Waals surface area contributed by atoms with Crippen LogP contribution in [0.5, 0.6) is 0 Å². The molecule has 1 rings (SSSR count). The molecule has 7 heteroatoms. The molecule has 0 spiro atoms. The van der Waals surface area contributed by atoms with Crippen molar-refractivity contribution < 1.29 is 19.5 Å². The van der Waals surface area contributed by atoms with Crippen molar-refractivity contribution in [3.8, 4) is 0 Å². The zero-order chi connectivity index (χ0) is 12.1. The minimum absolute atomic E-state index is 0.153. The highest BCUT2D eigenvalue weighted by atomic mass is 32.2. The van der Waals surface area contributed by atoms with Crippen LogP contribution in [0.25, 0.3) is 0 Å². The van der Waals surface area contributed by atoms with E-state index in [1.54, 1.807) is 18.7 Å². The summed E-state index contributed by atoms with van der Waals surface area (Å²) in [5.74, 6) is -0.0451. The second kappa shape index (κ2) is 6.24. The van der Waals surface area contributed by atoms with Gasteiger partial charge in [0, 0.05) is 17.1 Å². The summed E-state index contributed by atoms with van der Waals surface area (Å²) in [6.45, 7) is 1.57. The smallest absolute Gasteiger partial charge is 0.445 e. The summed E-state index contributed by atoms with van der Waals surface area (Å²) < 4.78 is 0.527. The summed E-state index contributed by atoms with van der Waals surface area (Å²) in [6.07, 6.45) is 0.732. The monoisotopic (exact) mass is 264 g/mol. The Balaban J connectivity index is 2.42. The zero-order valence-electron chi connectivity index (χ0n) is 8.92. The van der Waals surface area contributed by atoms with Gasteiger partial charge in [0.05, 0.1) is 16.3 Å². The lowest BCUT2D eigenvalue weighted by atomic mass is 10.2. The molecular formula is C9H14NO4S2+. The first kappa shape index (κ1) is 13.5.